The van der Waals surface area contributed by atoms with E-state index in [0.29, 0.717) is 62.0 Å². The summed E-state index contributed by atoms with van der Waals surface area (Å²) < 4.78 is 73.9. The van der Waals surface area contributed by atoms with E-state index in [4.69, 9.17) is 36.8 Å². The van der Waals surface area contributed by atoms with Crippen molar-refractivity contribution < 1.29 is 31.8 Å². The SMILES string of the molecule is C=C1CN2CCC[C@]2(COc2nc3c(c(N4CCCn5nc(C(=O)N6CCC6)c(Cl)c5C4)n2)CO[C@@H](c2c(F)c(N)cc(C#CC)c2C(F)(F)F)C3)C1. The average Bonchev–Trinajstić information content (AvgIpc) is 3.65. The largest absolute Gasteiger partial charge is 0.461 e. The van der Waals surface area contributed by atoms with E-state index < -0.39 is 40.5 Å². The van der Waals surface area contributed by atoms with Crippen LogP contribution in [0.1, 0.15) is 89.3 Å². The number of rotatable bonds is 6. The molecule has 3 saturated heterocycles. The van der Waals surface area contributed by atoms with Crippen LogP contribution >= 0.6 is 11.6 Å². The number of benzene rings is 1. The molecule has 2 aromatic heterocycles. The molecule has 0 bridgehead atoms. The number of alkyl halides is 3. The van der Waals surface area contributed by atoms with Crippen LogP contribution in [0, 0.1) is 17.7 Å². The number of carbonyl (C=O) groups is 1. The van der Waals surface area contributed by atoms with Crippen LogP contribution < -0.4 is 15.4 Å². The van der Waals surface area contributed by atoms with Crippen molar-refractivity contribution in [3.8, 4) is 17.9 Å². The summed E-state index contributed by atoms with van der Waals surface area (Å²) in [6.45, 7) is 9.99. The number of hydrogen-bond acceptors (Lipinski definition) is 9. The number of nitrogens with two attached hydrogens (primary N) is 1. The zero-order chi connectivity index (χ0) is 37.2. The third kappa shape index (κ3) is 6.28. The number of amides is 1. The molecule has 5 aliphatic heterocycles. The fraction of sp³-hybridized carbons (Fsp3) is 0.514. The fourth-order valence-electron chi connectivity index (χ4n) is 8.40. The Morgan fingerprint density at radius 3 is 2.70 bits per heavy atom. The van der Waals surface area contributed by atoms with E-state index in [1.54, 1.807) is 9.58 Å². The summed E-state index contributed by atoms with van der Waals surface area (Å²) in [4.78, 5) is 28.8. The maximum Gasteiger partial charge on any atom is 0.418 e. The van der Waals surface area contributed by atoms with Crippen molar-refractivity contribution in [2.75, 3.05) is 50.0 Å². The number of nitrogens with zero attached hydrogens (tertiary/aromatic N) is 7. The van der Waals surface area contributed by atoms with Crippen molar-refractivity contribution in [2.45, 2.75) is 83.0 Å². The second-order valence-corrected chi connectivity index (χ2v) is 14.8. The van der Waals surface area contributed by atoms with Crippen LogP contribution in [0.5, 0.6) is 6.01 Å². The molecule has 280 valence electrons. The number of fused-ring (bicyclic) bond motifs is 3. The molecule has 7 heterocycles. The fourth-order valence-corrected chi connectivity index (χ4v) is 8.67. The van der Waals surface area contributed by atoms with Crippen LogP contribution in [-0.4, -0.2) is 80.3 Å². The zero-order valence-corrected chi connectivity index (χ0v) is 30.0. The van der Waals surface area contributed by atoms with Gasteiger partial charge in [-0.1, -0.05) is 29.7 Å². The Hall–Kier alpha value is -4.39. The van der Waals surface area contributed by atoms with E-state index in [0.717, 1.165) is 50.4 Å². The number of anilines is 2. The Kier molecular flexibility index (Phi) is 9.06. The molecular weight excluding hydrogens is 716 g/mol. The van der Waals surface area contributed by atoms with Crippen LogP contribution in [0.15, 0.2) is 18.2 Å². The summed E-state index contributed by atoms with van der Waals surface area (Å²) in [6, 6.07) is 0.958. The monoisotopic (exact) mass is 754 g/mol. The summed E-state index contributed by atoms with van der Waals surface area (Å²) >= 11 is 6.85. The molecule has 0 aliphatic carbocycles. The van der Waals surface area contributed by atoms with E-state index in [9.17, 15) is 18.0 Å². The summed E-state index contributed by atoms with van der Waals surface area (Å²) in [6.07, 6.45) is -2.25. The molecule has 3 fully saturated rings. The molecule has 2 N–H and O–H groups in total. The highest BCUT2D eigenvalue weighted by Crippen LogP contribution is 2.45. The number of hydrogen-bond donors (Lipinski definition) is 1. The highest BCUT2D eigenvalue weighted by Gasteiger charge is 2.47. The van der Waals surface area contributed by atoms with E-state index in [2.05, 4.69) is 28.4 Å². The molecule has 3 aromatic rings. The zero-order valence-electron chi connectivity index (χ0n) is 29.3. The molecular formula is C37H39ClF4N8O3. The van der Waals surface area contributed by atoms with Gasteiger partial charge in [0.25, 0.3) is 5.91 Å². The lowest BCUT2D eigenvalue weighted by Crippen LogP contribution is -2.43. The molecule has 0 spiro atoms. The first-order chi connectivity index (χ1) is 25.4. The number of nitrogen functional groups attached to an aromatic ring is 1. The maximum atomic E-state index is 15.8. The third-order valence-electron chi connectivity index (χ3n) is 11.0. The van der Waals surface area contributed by atoms with Crippen LogP contribution in [0.25, 0.3) is 0 Å². The minimum atomic E-state index is -4.94. The van der Waals surface area contributed by atoms with Crippen LogP contribution in [0.3, 0.4) is 0 Å². The molecule has 2 atom stereocenters. The topological polar surface area (TPSA) is 115 Å². The van der Waals surface area contributed by atoms with E-state index in [-0.39, 0.29) is 47.7 Å². The van der Waals surface area contributed by atoms with E-state index in [1.165, 1.54) is 6.92 Å². The van der Waals surface area contributed by atoms with Gasteiger partial charge in [0.15, 0.2) is 11.5 Å². The normalized spacial score (nSPS) is 22.8. The first-order valence-electron chi connectivity index (χ1n) is 17.8. The lowest BCUT2D eigenvalue weighted by molar-refractivity contribution is -0.140. The van der Waals surface area contributed by atoms with E-state index in [1.807, 2.05) is 4.90 Å². The van der Waals surface area contributed by atoms with Crippen molar-refractivity contribution in [3.63, 3.8) is 0 Å². The summed E-state index contributed by atoms with van der Waals surface area (Å²) in [5.41, 5.74) is 5.72. The minimum absolute atomic E-state index is 0.0530. The predicted octanol–water partition coefficient (Wildman–Crippen LogP) is 5.68. The van der Waals surface area contributed by atoms with Gasteiger partial charge in [-0.25, -0.2) is 4.39 Å². The second kappa shape index (κ2) is 13.5. The summed E-state index contributed by atoms with van der Waals surface area (Å²) in [5.74, 6) is 3.95. The Morgan fingerprint density at radius 1 is 1.17 bits per heavy atom. The average molecular weight is 755 g/mol. The number of aryl methyl sites for hydroxylation is 1. The molecule has 0 unspecified atom stereocenters. The van der Waals surface area contributed by atoms with Gasteiger partial charge in [-0.3, -0.25) is 14.4 Å². The number of halogens is 5. The smallest absolute Gasteiger partial charge is 0.418 e. The number of carbonyl (C=O) groups excluding carboxylic acids is 1. The second-order valence-electron chi connectivity index (χ2n) is 14.5. The van der Waals surface area contributed by atoms with Crippen molar-refractivity contribution in [1.82, 2.24) is 29.5 Å². The van der Waals surface area contributed by atoms with Gasteiger partial charge in [0.05, 0.1) is 52.5 Å². The lowest BCUT2D eigenvalue weighted by Gasteiger charge is -2.33. The maximum absolute atomic E-state index is 15.8. The first-order valence-corrected chi connectivity index (χ1v) is 18.2. The van der Waals surface area contributed by atoms with E-state index >= 15 is 4.39 Å². The Labute approximate surface area is 309 Å². The Morgan fingerprint density at radius 2 is 1.96 bits per heavy atom. The Bertz CT molecular complexity index is 2070. The highest BCUT2D eigenvalue weighted by molar-refractivity contribution is 6.34. The molecule has 53 heavy (non-hydrogen) atoms. The summed E-state index contributed by atoms with van der Waals surface area (Å²) in [5, 5.41) is 4.86. The van der Waals surface area contributed by atoms with Gasteiger partial charge in [-0.2, -0.15) is 28.2 Å². The quantitative estimate of drug-likeness (QED) is 0.147. The first kappa shape index (κ1) is 35.6. The molecule has 0 radical (unpaired) electrons. The van der Waals surface area contributed by atoms with Gasteiger partial charge in [0.2, 0.25) is 0 Å². The van der Waals surface area contributed by atoms with Crippen molar-refractivity contribution in [2.24, 2.45) is 0 Å². The van der Waals surface area contributed by atoms with Crippen LogP contribution in [0.2, 0.25) is 5.02 Å². The lowest BCUT2D eigenvalue weighted by atomic mass is 9.91. The molecule has 0 saturated carbocycles. The van der Waals surface area contributed by atoms with Crippen molar-refractivity contribution in [3.05, 3.63) is 68.4 Å². The number of aromatic nitrogens is 4. The van der Waals surface area contributed by atoms with Gasteiger partial charge < -0.3 is 25.0 Å². The molecule has 11 nitrogen and oxygen atoms in total. The molecule has 8 rings (SSSR count). The van der Waals surface area contributed by atoms with Crippen LogP contribution in [0.4, 0.5) is 29.1 Å². The van der Waals surface area contributed by atoms with Gasteiger partial charge >= 0.3 is 12.2 Å². The standard InChI is InChI=1S/C37H39ClF4N8O3/c1-3-7-22-14-24(43)31(39)28(29(22)37(40,41)42)27-15-25-23(19-52-27)33(45-35(44-25)53-20-36-8-4-12-49(36)17-21(2)16-36)48-11-6-13-50-26(18-48)30(38)32(46-50)34(51)47-9-5-10-47/h14,27H,2,4-6,8-13,15-20,43H2,1H3/t27-,36-/m1/s1. The van der Waals surface area contributed by atoms with Gasteiger partial charge in [-0.05, 0) is 51.6 Å². The number of likely N-dealkylation sites (tertiary alicyclic amines) is 1. The Balaban J connectivity index is 1.18. The number of ether oxygens (including phenoxy) is 2. The minimum Gasteiger partial charge on any atom is -0.461 e. The van der Waals surface area contributed by atoms with Gasteiger partial charge in [0.1, 0.15) is 12.4 Å². The molecule has 16 heteroatoms. The predicted molar refractivity (Wildman–Crippen MR) is 188 cm³/mol. The third-order valence-corrected chi connectivity index (χ3v) is 11.4. The summed E-state index contributed by atoms with van der Waals surface area (Å²) in [7, 11) is 0. The van der Waals surface area contributed by atoms with Gasteiger partial charge in [0, 0.05) is 55.8 Å². The van der Waals surface area contributed by atoms with Gasteiger partial charge in [-0.15, -0.1) is 5.92 Å². The van der Waals surface area contributed by atoms with Crippen molar-refractivity contribution >= 4 is 29.0 Å². The molecule has 1 aromatic carbocycles. The highest BCUT2D eigenvalue weighted by atomic mass is 35.5. The molecule has 5 aliphatic rings. The van der Waals surface area contributed by atoms with Crippen molar-refractivity contribution in [1.29, 1.82) is 0 Å². The van der Waals surface area contributed by atoms with Crippen LogP contribution in [-0.2, 0) is 37.0 Å². The molecule has 1 amide bonds.